The topological polar surface area (TPSA) is 49.8 Å². The van der Waals surface area contributed by atoms with Crippen LogP contribution in [-0.2, 0) is 9.63 Å². The summed E-state index contributed by atoms with van der Waals surface area (Å²) in [6, 6.07) is 0.0858. The van der Waals surface area contributed by atoms with Gasteiger partial charge in [0.1, 0.15) is 0 Å². The van der Waals surface area contributed by atoms with Crippen LogP contribution >= 0.6 is 0 Å². The average molecular weight is 277 g/mol. The lowest BCUT2D eigenvalue weighted by molar-refractivity contribution is -0.231. The van der Waals surface area contributed by atoms with Gasteiger partial charge in [-0.2, -0.15) is 0 Å². The van der Waals surface area contributed by atoms with Gasteiger partial charge in [0.05, 0.1) is 11.6 Å². The summed E-state index contributed by atoms with van der Waals surface area (Å²) in [5, 5.41) is 11.0. The number of carbonyl (C=O) groups excluding carboxylic acids is 1. The first-order valence-corrected chi connectivity index (χ1v) is 7.32. The van der Waals surface area contributed by atoms with Gasteiger partial charge < -0.3 is 9.94 Å². The molecule has 0 aromatic rings. The van der Waals surface area contributed by atoms with Gasteiger partial charge in [-0.15, -0.1) is 5.06 Å². The molecule has 0 aliphatic carbocycles. The number of carbonyl (C=O) groups is 1. The maximum absolute atomic E-state index is 11.0. The van der Waals surface area contributed by atoms with Crippen molar-refractivity contribution in [2.24, 2.45) is 0 Å². The third kappa shape index (κ3) is 12.2. The zero-order valence-corrected chi connectivity index (χ0v) is 14.6. The Morgan fingerprint density at radius 1 is 1.16 bits per heavy atom. The largest absolute Gasteiger partial charge is 0.393 e. The minimum absolute atomic E-state index is 0.0858. The fraction of sp³-hybridized carbons (Fsp3) is 0.933. The molecule has 118 valence electrons. The number of nitrogens with zero attached hydrogens (tertiary/aromatic N) is 1. The number of hydrogen-bond acceptors (Lipinski definition) is 4. The van der Waals surface area contributed by atoms with E-state index >= 15 is 0 Å². The van der Waals surface area contributed by atoms with Crippen molar-refractivity contribution in [1.29, 1.82) is 0 Å². The molecule has 0 bridgehead atoms. The van der Waals surface area contributed by atoms with Gasteiger partial charge in [0.15, 0.2) is 0 Å². The van der Waals surface area contributed by atoms with Crippen molar-refractivity contribution in [3.05, 3.63) is 0 Å². The summed E-state index contributed by atoms with van der Waals surface area (Å²) in [5.41, 5.74) is -0.367. The predicted molar refractivity (Wildman–Crippen MR) is 81.8 cm³/mol. The molecule has 0 saturated heterocycles. The highest BCUT2D eigenvalue weighted by Gasteiger charge is 2.32. The van der Waals surface area contributed by atoms with Crippen LogP contribution in [0, 0.1) is 0 Å². The highest BCUT2D eigenvalue weighted by atomic mass is 16.7. The zero-order valence-electron chi connectivity index (χ0n) is 14.6. The molecule has 1 N–H and O–H groups in total. The number of aliphatic hydroxyl groups is 1. The van der Waals surface area contributed by atoms with Crippen molar-refractivity contribution in [3.8, 4) is 0 Å². The van der Waals surface area contributed by atoms with Crippen LogP contribution in [0.4, 0.5) is 0 Å². The molecular weight excluding hydrogens is 242 g/mol. The monoisotopic (exact) mass is 277 g/mol. The van der Waals surface area contributed by atoms with Gasteiger partial charge in [0.2, 0.25) is 0 Å². The summed E-state index contributed by atoms with van der Waals surface area (Å²) < 4.78 is 0. The Morgan fingerprint density at radius 3 is 1.74 bits per heavy atom. The molecule has 19 heavy (non-hydrogen) atoms. The molecule has 0 rings (SSSR count). The van der Waals surface area contributed by atoms with E-state index in [0.717, 1.165) is 0 Å². The van der Waals surface area contributed by atoms with Crippen LogP contribution in [0.2, 0.25) is 0 Å². The molecule has 0 fully saturated rings. The third-order valence-corrected chi connectivity index (χ3v) is 2.09. The van der Waals surface area contributed by atoms with Crippen LogP contribution in [0.5, 0.6) is 0 Å². The van der Waals surface area contributed by atoms with E-state index < -0.39 is 6.10 Å². The Morgan fingerprint density at radius 2 is 1.53 bits per heavy atom. The highest BCUT2D eigenvalue weighted by Crippen LogP contribution is 2.23. The van der Waals surface area contributed by atoms with E-state index in [4.69, 9.17) is 4.84 Å². The molecule has 0 aromatic carbocycles. The minimum Gasteiger partial charge on any atom is -0.393 e. The van der Waals surface area contributed by atoms with Crippen LogP contribution in [0.25, 0.3) is 0 Å². The van der Waals surface area contributed by atoms with Crippen LogP contribution in [0.3, 0.4) is 0 Å². The molecule has 0 aliphatic heterocycles. The lowest BCUT2D eigenvalue weighted by atomic mass is 9.96. The van der Waals surface area contributed by atoms with E-state index in [1.807, 2.05) is 55.4 Å². The summed E-state index contributed by atoms with van der Waals surface area (Å²) in [4.78, 5) is 16.1. The number of hydrogen-bond donors (Lipinski definition) is 1. The first-order valence-electron chi connectivity index (χ1n) is 7.32. The van der Waals surface area contributed by atoms with E-state index in [0.29, 0.717) is 6.42 Å². The molecule has 0 aromatic heterocycles. The predicted octanol–water partition coefficient (Wildman–Crippen LogP) is 3.78. The van der Waals surface area contributed by atoms with Crippen molar-refractivity contribution in [1.82, 2.24) is 5.06 Å². The summed E-state index contributed by atoms with van der Waals surface area (Å²) in [6.45, 7) is 18.9. The lowest BCUT2D eigenvalue weighted by Gasteiger charge is -2.39. The highest BCUT2D eigenvalue weighted by molar-refractivity contribution is 5.65. The Labute approximate surface area is 120 Å². The average Bonchev–Trinajstić information content (AvgIpc) is 2.29. The van der Waals surface area contributed by atoms with E-state index in [9.17, 15) is 9.90 Å². The molecule has 4 heteroatoms. The van der Waals surface area contributed by atoms with Gasteiger partial charge in [0.25, 0.3) is 0 Å². The maximum atomic E-state index is 11.0. The molecule has 0 saturated carbocycles. The number of hydroxylamine groups is 2. The summed E-state index contributed by atoms with van der Waals surface area (Å²) in [6.07, 6.45) is 0.134. The molecule has 4 nitrogen and oxygen atoms in total. The van der Waals surface area contributed by atoms with Crippen LogP contribution in [0.1, 0.15) is 75.7 Å². The van der Waals surface area contributed by atoms with Crippen LogP contribution in [-0.4, -0.2) is 33.8 Å². The van der Waals surface area contributed by atoms with E-state index in [2.05, 4.69) is 0 Å². The van der Waals surface area contributed by atoms with Gasteiger partial charge in [-0.1, -0.05) is 27.7 Å². The van der Waals surface area contributed by atoms with E-state index in [-0.39, 0.29) is 17.6 Å². The van der Waals surface area contributed by atoms with E-state index in [1.165, 1.54) is 6.92 Å². The molecular formula is C15H35NO3. The molecule has 0 amide bonds. The second-order valence-corrected chi connectivity index (χ2v) is 4.87. The Balaban J connectivity index is -0.000000579. The van der Waals surface area contributed by atoms with Crippen molar-refractivity contribution in [3.63, 3.8) is 0 Å². The SMILES string of the molecule is CC.CC.CC(=O)ON(C(C)C)C(C)(C)CC(C)O. The smallest absolute Gasteiger partial charge is 0.322 e. The Bertz CT molecular complexity index is 213. The third-order valence-electron chi connectivity index (χ3n) is 2.09. The molecule has 1 atom stereocenters. The first kappa shape index (κ1) is 23.5. The molecule has 0 aliphatic rings. The second-order valence-electron chi connectivity index (χ2n) is 4.87. The van der Waals surface area contributed by atoms with Crippen molar-refractivity contribution < 1.29 is 14.7 Å². The summed E-state index contributed by atoms with van der Waals surface area (Å²) in [5.74, 6) is -0.331. The van der Waals surface area contributed by atoms with Gasteiger partial charge in [0, 0.05) is 13.0 Å². The fourth-order valence-corrected chi connectivity index (χ4v) is 1.88. The van der Waals surface area contributed by atoms with Crippen LogP contribution in [0.15, 0.2) is 0 Å². The van der Waals surface area contributed by atoms with Gasteiger partial charge in [-0.05, 0) is 41.0 Å². The Hall–Kier alpha value is -0.610. The number of rotatable bonds is 5. The normalized spacial score (nSPS) is 12.1. The van der Waals surface area contributed by atoms with Crippen molar-refractivity contribution in [2.45, 2.75) is 93.3 Å². The van der Waals surface area contributed by atoms with Gasteiger partial charge in [-0.25, -0.2) is 0 Å². The first-order chi connectivity index (χ1) is 8.66. The zero-order chi connectivity index (χ0) is 16.2. The molecule has 0 spiro atoms. The molecule has 0 heterocycles. The summed E-state index contributed by atoms with van der Waals surface area (Å²) in [7, 11) is 0. The maximum Gasteiger partial charge on any atom is 0.322 e. The minimum atomic E-state index is -0.420. The number of aliphatic hydroxyl groups excluding tert-OH is 1. The Kier molecular flexibility index (Phi) is 15.4. The van der Waals surface area contributed by atoms with E-state index in [1.54, 1.807) is 12.0 Å². The summed E-state index contributed by atoms with van der Waals surface area (Å²) >= 11 is 0. The quantitative estimate of drug-likeness (QED) is 0.777. The fourth-order valence-electron chi connectivity index (χ4n) is 1.88. The van der Waals surface area contributed by atoms with Gasteiger partial charge in [-0.3, -0.25) is 4.79 Å². The molecule has 0 radical (unpaired) electrons. The van der Waals surface area contributed by atoms with Crippen molar-refractivity contribution >= 4 is 5.97 Å². The standard InChI is InChI=1S/C11H23NO3.2C2H6/c1-8(2)12(15-10(4)14)11(5,6)7-9(3)13;2*1-2/h8-9,13H,7H2,1-6H3;2*1-2H3. The van der Waals surface area contributed by atoms with Gasteiger partial charge >= 0.3 is 5.97 Å². The van der Waals surface area contributed by atoms with Crippen LogP contribution < -0.4 is 0 Å². The second kappa shape index (κ2) is 12.4. The molecule has 1 unspecified atom stereocenters. The van der Waals surface area contributed by atoms with Crippen molar-refractivity contribution in [2.75, 3.05) is 0 Å². The lowest BCUT2D eigenvalue weighted by Crippen LogP contribution is -2.50.